The van der Waals surface area contributed by atoms with Crippen molar-refractivity contribution in [2.45, 2.75) is 63.0 Å². The second kappa shape index (κ2) is 9.12. The Morgan fingerprint density at radius 1 is 1.03 bits per heavy atom. The van der Waals surface area contributed by atoms with Gasteiger partial charge in [0.25, 0.3) is 5.92 Å². The summed E-state index contributed by atoms with van der Waals surface area (Å²) in [6, 6.07) is 13.4. The van der Waals surface area contributed by atoms with E-state index in [1.807, 2.05) is 27.6 Å². The molecule has 0 aliphatic carbocycles. The van der Waals surface area contributed by atoms with Crippen LogP contribution in [0.2, 0.25) is 0 Å². The molecule has 1 amide bonds. The zero-order valence-corrected chi connectivity index (χ0v) is 21.9. The Morgan fingerprint density at radius 2 is 1.77 bits per heavy atom. The maximum absolute atomic E-state index is 13.9. The lowest BCUT2D eigenvalue weighted by atomic mass is 9.86. The van der Waals surface area contributed by atoms with E-state index in [4.69, 9.17) is 10.7 Å². The van der Waals surface area contributed by atoms with Crippen molar-refractivity contribution >= 4 is 17.2 Å². The lowest BCUT2D eigenvalue weighted by Crippen LogP contribution is -2.41. The maximum Gasteiger partial charge on any atom is 0.270 e. The highest BCUT2D eigenvalue weighted by Gasteiger charge is 2.38. The summed E-state index contributed by atoms with van der Waals surface area (Å²) in [5, 5.41) is 11.4. The fourth-order valence-corrected chi connectivity index (χ4v) is 6.07. The molecule has 2 aliphatic rings. The molecule has 0 radical (unpaired) electrons. The Kier molecular flexibility index (Phi) is 5.95. The number of imidazole rings is 1. The molecule has 3 N–H and O–H groups in total. The number of aliphatic hydroxyl groups is 1. The summed E-state index contributed by atoms with van der Waals surface area (Å²) in [4.78, 5) is 23.7. The van der Waals surface area contributed by atoms with E-state index in [9.17, 15) is 18.7 Å². The van der Waals surface area contributed by atoms with Crippen LogP contribution in [0.25, 0.3) is 16.8 Å². The molecule has 3 atom stereocenters. The SMILES string of the molecule is CC(F)(F)c1cccc(C(C)(O)c2ccc(-c3nc([C@@H]4CC[C@H]5CCC(=O)N5C4)n4ccnc(N)c34)cc2)c1. The van der Waals surface area contributed by atoms with Crippen LogP contribution in [0, 0.1) is 0 Å². The van der Waals surface area contributed by atoms with Crippen molar-refractivity contribution in [3.8, 4) is 11.3 Å². The molecule has 4 aromatic rings. The third-order valence-electron chi connectivity index (χ3n) is 8.35. The molecule has 0 spiro atoms. The summed E-state index contributed by atoms with van der Waals surface area (Å²) in [5.41, 5.74) is 7.79. The molecule has 2 aromatic carbocycles. The van der Waals surface area contributed by atoms with Crippen molar-refractivity contribution in [3.63, 3.8) is 0 Å². The molecular weight excluding hydrogens is 500 g/mol. The van der Waals surface area contributed by atoms with Crippen LogP contribution < -0.4 is 5.73 Å². The van der Waals surface area contributed by atoms with E-state index in [1.165, 1.54) is 18.2 Å². The number of halogens is 2. The summed E-state index contributed by atoms with van der Waals surface area (Å²) in [5.74, 6) is -1.52. The van der Waals surface area contributed by atoms with Crippen LogP contribution in [0.3, 0.4) is 0 Å². The topological polar surface area (TPSA) is 96.8 Å². The minimum Gasteiger partial charge on any atom is -0.382 e. The first-order valence-electron chi connectivity index (χ1n) is 13.3. The van der Waals surface area contributed by atoms with Crippen molar-refractivity contribution in [1.82, 2.24) is 19.3 Å². The van der Waals surface area contributed by atoms with E-state index >= 15 is 0 Å². The molecule has 39 heavy (non-hydrogen) atoms. The number of rotatable bonds is 5. The van der Waals surface area contributed by atoms with Crippen LogP contribution >= 0.6 is 0 Å². The Morgan fingerprint density at radius 3 is 2.51 bits per heavy atom. The van der Waals surface area contributed by atoms with Gasteiger partial charge >= 0.3 is 0 Å². The maximum atomic E-state index is 13.9. The van der Waals surface area contributed by atoms with Gasteiger partial charge in [-0.25, -0.2) is 18.7 Å². The van der Waals surface area contributed by atoms with Gasteiger partial charge in [-0.3, -0.25) is 9.20 Å². The van der Waals surface area contributed by atoms with Gasteiger partial charge in [-0.05, 0) is 43.4 Å². The van der Waals surface area contributed by atoms with Crippen molar-refractivity contribution in [2.24, 2.45) is 0 Å². The number of fused-ring (bicyclic) bond motifs is 2. The first-order chi connectivity index (χ1) is 18.5. The number of aromatic nitrogens is 3. The number of benzene rings is 2. The number of nitrogen functional groups attached to an aromatic ring is 1. The number of carbonyl (C=O) groups excluding carboxylic acids is 1. The minimum atomic E-state index is -3.01. The molecule has 4 heterocycles. The fraction of sp³-hybridized carbons (Fsp3) is 0.367. The third kappa shape index (κ3) is 4.34. The van der Waals surface area contributed by atoms with Gasteiger partial charge in [0, 0.05) is 55.4 Å². The van der Waals surface area contributed by atoms with Crippen LogP contribution in [0.1, 0.15) is 68.0 Å². The molecule has 9 heteroatoms. The summed E-state index contributed by atoms with van der Waals surface area (Å²) in [6.45, 7) is 3.08. The lowest BCUT2D eigenvalue weighted by Gasteiger charge is -2.34. The molecule has 6 rings (SSSR count). The largest absolute Gasteiger partial charge is 0.382 e. The predicted molar refractivity (Wildman–Crippen MR) is 144 cm³/mol. The quantitative estimate of drug-likeness (QED) is 0.368. The molecule has 2 saturated heterocycles. The molecule has 0 saturated carbocycles. The Balaban J connectivity index is 1.36. The van der Waals surface area contributed by atoms with Crippen molar-refractivity contribution in [1.29, 1.82) is 0 Å². The molecule has 1 unspecified atom stereocenters. The molecule has 2 aromatic heterocycles. The number of hydrogen-bond acceptors (Lipinski definition) is 5. The summed E-state index contributed by atoms with van der Waals surface area (Å²) in [7, 11) is 0. The zero-order chi connectivity index (χ0) is 27.5. The fourth-order valence-electron chi connectivity index (χ4n) is 6.07. The van der Waals surface area contributed by atoms with Crippen LogP contribution in [-0.4, -0.2) is 42.9 Å². The zero-order valence-electron chi connectivity index (χ0n) is 21.9. The number of alkyl halides is 2. The highest BCUT2D eigenvalue weighted by molar-refractivity contribution is 5.85. The summed E-state index contributed by atoms with van der Waals surface area (Å²) in [6.07, 6.45) is 6.94. The molecule has 2 aliphatic heterocycles. The monoisotopic (exact) mass is 531 g/mol. The Hall–Kier alpha value is -3.85. The number of anilines is 1. The second-order valence-corrected chi connectivity index (χ2v) is 11.0. The van der Waals surface area contributed by atoms with Crippen molar-refractivity contribution < 1.29 is 18.7 Å². The standard InChI is InChI=1S/C30H31F2N5O2/c1-29(39,21-4-3-5-22(16-21)30(2,31)32)20-9-6-18(7-10-20)25-26-27(33)34-14-15-36(26)28(35-25)19-8-11-23-12-13-24(38)37(23)17-19/h3-7,9-10,14-16,19,23,39H,8,11-13,17H2,1-2H3,(H2,33,34)/t19-,23+,29?/m1/s1. The lowest BCUT2D eigenvalue weighted by molar-refractivity contribution is -0.130. The van der Waals surface area contributed by atoms with Crippen LogP contribution in [0.15, 0.2) is 60.9 Å². The predicted octanol–water partition coefficient (Wildman–Crippen LogP) is 5.21. The molecule has 7 nitrogen and oxygen atoms in total. The van der Waals surface area contributed by atoms with E-state index in [2.05, 4.69) is 4.98 Å². The van der Waals surface area contributed by atoms with Gasteiger partial charge in [0.15, 0.2) is 0 Å². The third-order valence-corrected chi connectivity index (χ3v) is 8.35. The molecule has 202 valence electrons. The average Bonchev–Trinajstić information content (AvgIpc) is 3.50. The van der Waals surface area contributed by atoms with Crippen LogP contribution in [-0.2, 0) is 16.3 Å². The number of hydrogen-bond donors (Lipinski definition) is 2. The average molecular weight is 532 g/mol. The van der Waals surface area contributed by atoms with E-state index in [0.29, 0.717) is 47.2 Å². The van der Waals surface area contributed by atoms with Gasteiger partial charge < -0.3 is 15.7 Å². The van der Waals surface area contributed by atoms with Gasteiger partial charge in [-0.15, -0.1) is 0 Å². The Bertz CT molecular complexity index is 1560. The van der Waals surface area contributed by atoms with E-state index in [-0.39, 0.29) is 17.4 Å². The normalized spacial score (nSPS) is 21.3. The minimum absolute atomic E-state index is 0.0790. The second-order valence-electron chi connectivity index (χ2n) is 11.0. The summed E-state index contributed by atoms with van der Waals surface area (Å²) >= 11 is 0. The number of piperidine rings is 1. The van der Waals surface area contributed by atoms with Gasteiger partial charge in [-0.1, -0.05) is 42.5 Å². The van der Waals surface area contributed by atoms with Gasteiger partial charge in [0.05, 0.1) is 0 Å². The van der Waals surface area contributed by atoms with Crippen LogP contribution in [0.5, 0.6) is 0 Å². The first kappa shape index (κ1) is 25.4. The van der Waals surface area contributed by atoms with E-state index < -0.39 is 11.5 Å². The number of carbonyl (C=O) groups is 1. The number of nitrogens with two attached hydrogens (primary N) is 1. The molecule has 0 bridgehead atoms. The van der Waals surface area contributed by atoms with E-state index in [0.717, 1.165) is 37.6 Å². The number of amides is 1. The Labute approximate surface area is 225 Å². The van der Waals surface area contributed by atoms with Crippen molar-refractivity contribution in [3.05, 3.63) is 83.4 Å². The highest BCUT2D eigenvalue weighted by atomic mass is 19.3. The smallest absolute Gasteiger partial charge is 0.270 e. The van der Waals surface area contributed by atoms with Gasteiger partial charge in [-0.2, -0.15) is 0 Å². The van der Waals surface area contributed by atoms with Crippen LogP contribution in [0.4, 0.5) is 14.6 Å². The van der Waals surface area contributed by atoms with Gasteiger partial charge in [0.2, 0.25) is 5.91 Å². The van der Waals surface area contributed by atoms with Gasteiger partial charge in [0.1, 0.15) is 28.5 Å². The van der Waals surface area contributed by atoms with Crippen molar-refractivity contribution in [2.75, 3.05) is 12.3 Å². The highest BCUT2D eigenvalue weighted by Crippen LogP contribution is 2.39. The number of nitrogens with zero attached hydrogens (tertiary/aromatic N) is 4. The molecule has 2 fully saturated rings. The summed E-state index contributed by atoms with van der Waals surface area (Å²) < 4.78 is 29.8. The van der Waals surface area contributed by atoms with E-state index in [1.54, 1.807) is 31.3 Å². The molecular formula is C30H31F2N5O2. The first-order valence-corrected chi connectivity index (χ1v) is 13.3.